The zero-order valence-electron chi connectivity index (χ0n) is 22.3. The van der Waals surface area contributed by atoms with Crippen LogP contribution in [0.25, 0.3) is 22.0 Å². The topological polar surface area (TPSA) is 87.7 Å². The maximum atomic E-state index is 12.1. The van der Waals surface area contributed by atoms with Crippen LogP contribution in [0.4, 0.5) is 4.79 Å². The molecule has 5 rings (SSSR count). The summed E-state index contributed by atoms with van der Waals surface area (Å²) in [6, 6.07) is 12.6. The third-order valence-corrected chi connectivity index (χ3v) is 8.52. The fourth-order valence-corrected chi connectivity index (χ4v) is 5.69. The minimum absolute atomic E-state index is 0.315. The van der Waals surface area contributed by atoms with Crippen molar-refractivity contribution in [3.05, 3.63) is 48.4 Å². The van der Waals surface area contributed by atoms with Crippen molar-refractivity contribution in [2.24, 2.45) is 5.41 Å². The van der Waals surface area contributed by atoms with E-state index in [1.807, 2.05) is 6.20 Å². The summed E-state index contributed by atoms with van der Waals surface area (Å²) in [7, 11) is -0.397. The quantitative estimate of drug-likeness (QED) is 0.472. The first kappa shape index (κ1) is 24.8. The Labute approximate surface area is 213 Å². The van der Waals surface area contributed by atoms with Crippen molar-refractivity contribution < 1.29 is 19.2 Å². The highest BCUT2D eigenvalue weighted by Crippen LogP contribution is 2.50. The minimum atomic E-state index is -0.899. The number of hydrogen-bond donors (Lipinski definition) is 2. The summed E-state index contributed by atoms with van der Waals surface area (Å²) < 4.78 is 12.4. The van der Waals surface area contributed by atoms with E-state index in [-0.39, 0.29) is 16.6 Å². The predicted octanol–water partition coefficient (Wildman–Crippen LogP) is 5.54. The van der Waals surface area contributed by atoms with Crippen molar-refractivity contribution in [2.45, 2.75) is 78.0 Å². The molecule has 2 aliphatic rings. The van der Waals surface area contributed by atoms with Gasteiger partial charge >= 0.3 is 13.2 Å². The number of imidazole rings is 1. The molecule has 2 saturated heterocycles. The monoisotopic (exact) mass is 489 g/mol. The standard InChI is InChI=1S/C28H36BN3O4/c1-25(2,3)28(13-8-14-32(28)24(33)34)23-30-17-22(31-23)20-10-9-19-16-21(12-11-18(19)15-20)29-35-26(4,5)27(6,7)36-29/h9-12,15-17H,8,13-14H2,1-7H3,(H,30,31)(H,33,34). The molecule has 2 N–H and O–H groups in total. The number of aromatic nitrogens is 2. The van der Waals surface area contributed by atoms with Crippen LogP contribution in [-0.4, -0.2) is 50.9 Å². The van der Waals surface area contributed by atoms with E-state index < -0.39 is 18.8 Å². The van der Waals surface area contributed by atoms with Gasteiger partial charge in [0.25, 0.3) is 0 Å². The van der Waals surface area contributed by atoms with Gasteiger partial charge < -0.3 is 19.4 Å². The number of nitrogens with zero attached hydrogens (tertiary/aromatic N) is 2. The predicted molar refractivity (Wildman–Crippen MR) is 142 cm³/mol. The lowest BCUT2D eigenvalue weighted by Crippen LogP contribution is -2.53. The van der Waals surface area contributed by atoms with Gasteiger partial charge in [-0.05, 0) is 68.3 Å². The van der Waals surface area contributed by atoms with Crippen molar-refractivity contribution in [1.29, 1.82) is 0 Å². The highest BCUT2D eigenvalue weighted by atomic mass is 16.7. The summed E-state index contributed by atoms with van der Waals surface area (Å²) in [5, 5.41) is 12.1. The fraction of sp³-hybridized carbons (Fsp3) is 0.500. The number of rotatable bonds is 3. The maximum Gasteiger partial charge on any atom is 0.494 e. The molecule has 1 aromatic heterocycles. The molecule has 0 aliphatic carbocycles. The second kappa shape index (κ2) is 8.08. The van der Waals surface area contributed by atoms with Gasteiger partial charge in [-0.15, -0.1) is 0 Å². The first-order valence-corrected chi connectivity index (χ1v) is 12.7. The number of H-pyrrole nitrogens is 1. The Bertz CT molecular complexity index is 1310. The molecule has 36 heavy (non-hydrogen) atoms. The van der Waals surface area contributed by atoms with E-state index in [0.717, 1.165) is 40.3 Å². The van der Waals surface area contributed by atoms with Crippen LogP contribution in [0.3, 0.4) is 0 Å². The molecule has 190 valence electrons. The van der Waals surface area contributed by atoms with Gasteiger partial charge in [-0.25, -0.2) is 9.78 Å². The first-order chi connectivity index (χ1) is 16.7. The molecule has 3 aromatic rings. The zero-order valence-corrected chi connectivity index (χ0v) is 22.3. The number of aromatic amines is 1. The van der Waals surface area contributed by atoms with E-state index in [9.17, 15) is 9.90 Å². The van der Waals surface area contributed by atoms with E-state index in [2.05, 4.69) is 89.8 Å². The zero-order chi connectivity index (χ0) is 26.1. The molecule has 0 radical (unpaired) electrons. The van der Waals surface area contributed by atoms with Crippen molar-refractivity contribution >= 4 is 29.4 Å². The molecule has 2 fully saturated rings. The number of fused-ring (bicyclic) bond motifs is 1. The normalized spacial score (nSPS) is 23.5. The van der Waals surface area contributed by atoms with Gasteiger partial charge in [0, 0.05) is 12.1 Å². The summed E-state index contributed by atoms with van der Waals surface area (Å²) in [4.78, 5) is 21.9. The van der Waals surface area contributed by atoms with Crippen LogP contribution < -0.4 is 5.46 Å². The number of hydrogen-bond acceptors (Lipinski definition) is 4. The molecule has 2 aromatic carbocycles. The third-order valence-electron chi connectivity index (χ3n) is 8.52. The molecular formula is C28H36BN3O4. The largest absolute Gasteiger partial charge is 0.494 e. The van der Waals surface area contributed by atoms with Gasteiger partial charge in [0.15, 0.2) is 0 Å². The molecule has 7 nitrogen and oxygen atoms in total. The molecule has 1 amide bonds. The lowest BCUT2D eigenvalue weighted by Gasteiger charge is -2.45. The smallest absolute Gasteiger partial charge is 0.465 e. The Morgan fingerprint density at radius 2 is 1.69 bits per heavy atom. The number of nitrogens with one attached hydrogen (secondary N) is 1. The number of likely N-dealkylation sites (tertiary alicyclic amines) is 1. The number of amides is 1. The molecule has 3 heterocycles. The summed E-state index contributed by atoms with van der Waals surface area (Å²) in [6.07, 6.45) is 2.49. The lowest BCUT2D eigenvalue weighted by atomic mass is 9.71. The highest BCUT2D eigenvalue weighted by Gasteiger charge is 2.55. The van der Waals surface area contributed by atoms with Crippen LogP contribution >= 0.6 is 0 Å². The van der Waals surface area contributed by atoms with Gasteiger partial charge in [0.2, 0.25) is 0 Å². The van der Waals surface area contributed by atoms with Crippen molar-refractivity contribution in [3.8, 4) is 11.3 Å². The van der Waals surface area contributed by atoms with Crippen LogP contribution in [-0.2, 0) is 14.8 Å². The van der Waals surface area contributed by atoms with Crippen molar-refractivity contribution in [1.82, 2.24) is 14.9 Å². The molecule has 2 aliphatic heterocycles. The van der Waals surface area contributed by atoms with E-state index in [4.69, 9.17) is 14.3 Å². The van der Waals surface area contributed by atoms with E-state index in [0.29, 0.717) is 12.4 Å². The van der Waals surface area contributed by atoms with Crippen LogP contribution in [0.5, 0.6) is 0 Å². The number of benzene rings is 2. The molecule has 1 unspecified atom stereocenters. The Morgan fingerprint density at radius 1 is 1.06 bits per heavy atom. The summed E-state index contributed by atoms with van der Waals surface area (Å²) in [5.74, 6) is 0.709. The second-order valence-corrected chi connectivity index (χ2v) is 12.2. The van der Waals surface area contributed by atoms with Crippen LogP contribution in [0, 0.1) is 5.41 Å². The third kappa shape index (κ3) is 3.73. The SMILES string of the molecule is CC(C)(C)C1(c2ncc(-c3ccc4cc(B5OC(C)(C)C(C)(C)O5)ccc4c3)[nH]2)CCCN1C(=O)O. The van der Waals surface area contributed by atoms with E-state index in [1.54, 1.807) is 4.90 Å². The first-order valence-electron chi connectivity index (χ1n) is 12.7. The second-order valence-electron chi connectivity index (χ2n) is 12.2. The Balaban J connectivity index is 1.47. The van der Waals surface area contributed by atoms with Crippen molar-refractivity contribution in [2.75, 3.05) is 6.54 Å². The van der Waals surface area contributed by atoms with Crippen molar-refractivity contribution in [3.63, 3.8) is 0 Å². The number of carbonyl (C=O) groups is 1. The van der Waals surface area contributed by atoms with Gasteiger partial charge in [-0.2, -0.15) is 0 Å². The van der Waals surface area contributed by atoms with E-state index >= 15 is 0 Å². The Hall–Kier alpha value is -2.84. The Morgan fingerprint density at radius 3 is 2.33 bits per heavy atom. The van der Waals surface area contributed by atoms with Crippen LogP contribution in [0.15, 0.2) is 42.6 Å². The minimum Gasteiger partial charge on any atom is -0.465 e. The van der Waals surface area contributed by atoms with E-state index in [1.165, 1.54) is 0 Å². The summed E-state index contributed by atoms with van der Waals surface area (Å²) in [6.45, 7) is 15.0. The molecule has 1 atom stereocenters. The lowest BCUT2D eigenvalue weighted by molar-refractivity contribution is 0.00578. The van der Waals surface area contributed by atoms with Gasteiger partial charge in [-0.3, -0.25) is 4.90 Å². The van der Waals surface area contributed by atoms with Gasteiger partial charge in [-0.1, -0.05) is 51.1 Å². The van der Waals surface area contributed by atoms with Gasteiger partial charge in [0.1, 0.15) is 11.4 Å². The number of carboxylic acid groups (broad SMARTS) is 1. The average molecular weight is 489 g/mol. The molecule has 0 saturated carbocycles. The molecule has 8 heteroatoms. The average Bonchev–Trinajstić information content (AvgIpc) is 3.49. The van der Waals surface area contributed by atoms with Crippen LogP contribution in [0.1, 0.15) is 67.1 Å². The molecule has 0 bridgehead atoms. The maximum absolute atomic E-state index is 12.1. The molecule has 0 spiro atoms. The highest BCUT2D eigenvalue weighted by molar-refractivity contribution is 6.62. The fourth-order valence-electron chi connectivity index (χ4n) is 5.69. The summed E-state index contributed by atoms with van der Waals surface area (Å²) >= 11 is 0. The van der Waals surface area contributed by atoms with Crippen LogP contribution in [0.2, 0.25) is 0 Å². The van der Waals surface area contributed by atoms with Gasteiger partial charge in [0.05, 0.1) is 23.1 Å². The molecular weight excluding hydrogens is 453 g/mol. The Kier molecular flexibility index (Phi) is 5.58. The summed E-state index contributed by atoms with van der Waals surface area (Å²) in [5.41, 5.74) is 1.12.